The molecule has 0 spiro atoms. The zero-order chi connectivity index (χ0) is 20.7. The summed E-state index contributed by atoms with van der Waals surface area (Å²) in [7, 11) is 4.19. The molecule has 5 rings (SSSR count). The summed E-state index contributed by atoms with van der Waals surface area (Å²) in [6.07, 6.45) is 11.9. The number of hydrogen-bond acceptors (Lipinski definition) is 5. The Morgan fingerprint density at radius 3 is 2.43 bits per heavy atom. The van der Waals surface area contributed by atoms with Gasteiger partial charge >= 0.3 is 0 Å². The van der Waals surface area contributed by atoms with Crippen molar-refractivity contribution in [1.29, 1.82) is 0 Å². The predicted octanol–water partition coefficient (Wildman–Crippen LogP) is 2.73. The van der Waals surface area contributed by atoms with Crippen molar-refractivity contribution in [3.05, 3.63) is 30.4 Å². The Morgan fingerprint density at radius 1 is 1.07 bits per heavy atom. The van der Waals surface area contributed by atoms with Crippen LogP contribution in [0, 0.1) is 5.92 Å². The molecule has 4 heterocycles. The van der Waals surface area contributed by atoms with Gasteiger partial charge in [-0.15, -0.1) is 0 Å². The van der Waals surface area contributed by atoms with Crippen LogP contribution in [-0.4, -0.2) is 76.6 Å². The molecule has 1 saturated carbocycles. The van der Waals surface area contributed by atoms with Gasteiger partial charge in [-0.05, 0) is 58.2 Å². The third kappa shape index (κ3) is 3.95. The normalized spacial score (nSPS) is 21.8. The predicted molar refractivity (Wildman–Crippen MR) is 118 cm³/mol. The Labute approximate surface area is 178 Å². The van der Waals surface area contributed by atoms with Crippen LogP contribution in [0.3, 0.4) is 0 Å². The van der Waals surface area contributed by atoms with Crippen LogP contribution < -0.4 is 4.90 Å². The van der Waals surface area contributed by atoms with Crippen LogP contribution in [0.1, 0.15) is 42.6 Å². The fourth-order valence-electron chi connectivity index (χ4n) is 4.64. The van der Waals surface area contributed by atoms with E-state index in [4.69, 9.17) is 0 Å². The van der Waals surface area contributed by atoms with Crippen molar-refractivity contribution in [2.24, 2.45) is 5.92 Å². The van der Waals surface area contributed by atoms with Gasteiger partial charge in [0.2, 0.25) is 5.95 Å². The number of hydrogen-bond donors (Lipinski definition) is 0. The Hall–Kier alpha value is -2.41. The van der Waals surface area contributed by atoms with Gasteiger partial charge in [0.25, 0.3) is 5.91 Å². The number of amides is 1. The van der Waals surface area contributed by atoms with E-state index in [9.17, 15) is 4.79 Å². The van der Waals surface area contributed by atoms with E-state index in [-0.39, 0.29) is 5.91 Å². The third-order valence-electron chi connectivity index (χ3n) is 6.81. The van der Waals surface area contributed by atoms with E-state index in [0.29, 0.717) is 12.0 Å². The number of likely N-dealkylation sites (N-methyl/N-ethyl adjacent to an activating group) is 1. The molecule has 2 aromatic heterocycles. The Kier molecular flexibility index (Phi) is 5.23. The molecule has 0 radical (unpaired) electrons. The number of carbonyl (C=O) groups is 1. The highest BCUT2D eigenvalue weighted by Gasteiger charge is 2.31. The Morgan fingerprint density at radius 2 is 1.80 bits per heavy atom. The van der Waals surface area contributed by atoms with Crippen LogP contribution >= 0.6 is 0 Å². The lowest BCUT2D eigenvalue weighted by Gasteiger charge is -2.21. The van der Waals surface area contributed by atoms with Gasteiger partial charge in [0.05, 0.1) is 0 Å². The second-order valence-electron chi connectivity index (χ2n) is 9.33. The second-order valence-corrected chi connectivity index (χ2v) is 9.33. The maximum atomic E-state index is 13.4. The van der Waals surface area contributed by atoms with E-state index >= 15 is 0 Å². The van der Waals surface area contributed by atoms with Crippen molar-refractivity contribution in [2.45, 2.75) is 44.7 Å². The minimum Gasteiger partial charge on any atom is -0.343 e. The number of anilines is 1. The molecule has 30 heavy (non-hydrogen) atoms. The average molecular weight is 409 g/mol. The molecule has 2 aromatic rings. The molecule has 3 aliphatic rings. The molecule has 7 nitrogen and oxygen atoms in total. The lowest BCUT2D eigenvalue weighted by atomic mass is 10.2. The van der Waals surface area contributed by atoms with Crippen LogP contribution in [0.15, 0.2) is 24.7 Å². The monoisotopic (exact) mass is 408 g/mol. The smallest absolute Gasteiger partial charge is 0.270 e. The topological polar surface area (TPSA) is 57.5 Å². The minimum absolute atomic E-state index is 0.154. The number of carbonyl (C=O) groups excluding carboxylic acids is 1. The summed E-state index contributed by atoms with van der Waals surface area (Å²) >= 11 is 0. The maximum absolute atomic E-state index is 13.4. The zero-order valence-corrected chi connectivity index (χ0v) is 18.1. The van der Waals surface area contributed by atoms with E-state index in [1.807, 2.05) is 23.4 Å². The second kappa shape index (κ2) is 8.02. The molecule has 1 aliphatic carbocycles. The summed E-state index contributed by atoms with van der Waals surface area (Å²) in [5.41, 5.74) is 2.82. The van der Waals surface area contributed by atoms with Crippen molar-refractivity contribution in [1.82, 2.24) is 24.3 Å². The quantitative estimate of drug-likeness (QED) is 0.736. The molecule has 7 heteroatoms. The van der Waals surface area contributed by atoms with Gasteiger partial charge < -0.3 is 19.3 Å². The Balaban J connectivity index is 1.38. The van der Waals surface area contributed by atoms with Crippen LogP contribution in [0.25, 0.3) is 11.1 Å². The van der Waals surface area contributed by atoms with E-state index in [2.05, 4.69) is 44.6 Å². The van der Waals surface area contributed by atoms with Crippen LogP contribution in [0.4, 0.5) is 5.95 Å². The summed E-state index contributed by atoms with van der Waals surface area (Å²) in [6, 6.07) is 2.49. The Bertz CT molecular complexity index is 895. The molecule has 0 bridgehead atoms. The molecule has 1 amide bonds. The van der Waals surface area contributed by atoms with Gasteiger partial charge in [-0.2, -0.15) is 0 Å². The number of rotatable bonds is 6. The van der Waals surface area contributed by atoms with Crippen molar-refractivity contribution >= 4 is 11.9 Å². The van der Waals surface area contributed by atoms with Crippen LogP contribution in [-0.2, 0) is 6.54 Å². The summed E-state index contributed by atoms with van der Waals surface area (Å²) in [5.74, 6) is 1.68. The number of likely N-dealkylation sites (tertiary alicyclic amines) is 1. The van der Waals surface area contributed by atoms with Crippen molar-refractivity contribution in [2.75, 3.05) is 45.2 Å². The van der Waals surface area contributed by atoms with Gasteiger partial charge in [-0.25, -0.2) is 9.97 Å². The molecule has 160 valence electrons. The first-order valence-electron chi connectivity index (χ1n) is 11.3. The number of aromatic nitrogens is 3. The summed E-state index contributed by atoms with van der Waals surface area (Å²) < 4.78 is 2.17. The molecule has 3 fully saturated rings. The van der Waals surface area contributed by atoms with Crippen molar-refractivity contribution in [3.63, 3.8) is 0 Å². The van der Waals surface area contributed by atoms with E-state index in [1.54, 1.807) is 0 Å². The highest BCUT2D eigenvalue weighted by molar-refractivity contribution is 5.94. The van der Waals surface area contributed by atoms with Gasteiger partial charge in [0.1, 0.15) is 5.69 Å². The zero-order valence-electron chi connectivity index (χ0n) is 18.1. The third-order valence-corrected chi connectivity index (χ3v) is 6.81. The van der Waals surface area contributed by atoms with E-state index in [1.165, 1.54) is 25.7 Å². The van der Waals surface area contributed by atoms with E-state index < -0.39 is 0 Å². The molecular formula is C23H32N6O. The van der Waals surface area contributed by atoms with Crippen LogP contribution in [0.2, 0.25) is 0 Å². The first-order chi connectivity index (χ1) is 14.6. The van der Waals surface area contributed by atoms with Gasteiger partial charge in [0, 0.05) is 68.5 Å². The molecule has 2 saturated heterocycles. The lowest BCUT2D eigenvalue weighted by Crippen LogP contribution is -2.35. The first-order valence-corrected chi connectivity index (χ1v) is 11.3. The minimum atomic E-state index is 0.154. The SMILES string of the molecule is CN(C)[C@@H]1CCN(C(=O)c2cc(-c3cnc(N4CCCC4)nc3)cn2CC2CC2)C1. The van der Waals surface area contributed by atoms with Gasteiger partial charge in [0.15, 0.2) is 0 Å². The standard InChI is InChI=1S/C23H32N6O/c1-26(2)20-7-10-28(16-20)22(30)21-11-18(15-29(21)14-17-5-6-17)19-12-24-23(25-13-19)27-8-3-4-9-27/h11-13,15,17,20H,3-10,14,16H2,1-2H3/t20-/m1/s1. The van der Waals surface area contributed by atoms with Gasteiger partial charge in [-0.1, -0.05) is 0 Å². The molecule has 2 aliphatic heterocycles. The highest BCUT2D eigenvalue weighted by Crippen LogP contribution is 2.33. The average Bonchev–Trinajstić information content (AvgIpc) is 3.20. The van der Waals surface area contributed by atoms with Crippen molar-refractivity contribution in [3.8, 4) is 11.1 Å². The lowest BCUT2D eigenvalue weighted by molar-refractivity contribution is 0.0772. The fourth-order valence-corrected chi connectivity index (χ4v) is 4.64. The molecular weight excluding hydrogens is 376 g/mol. The molecule has 0 N–H and O–H groups in total. The maximum Gasteiger partial charge on any atom is 0.270 e. The fraction of sp³-hybridized carbons (Fsp3) is 0.609. The molecule has 0 unspecified atom stereocenters. The summed E-state index contributed by atoms with van der Waals surface area (Å²) in [5, 5.41) is 0. The largest absolute Gasteiger partial charge is 0.343 e. The first kappa shape index (κ1) is 19.5. The summed E-state index contributed by atoms with van der Waals surface area (Å²) in [6.45, 7) is 4.65. The summed E-state index contributed by atoms with van der Waals surface area (Å²) in [4.78, 5) is 29.0. The van der Waals surface area contributed by atoms with Crippen LogP contribution in [0.5, 0.6) is 0 Å². The van der Waals surface area contributed by atoms with E-state index in [0.717, 1.165) is 61.9 Å². The molecule has 1 atom stereocenters. The van der Waals surface area contributed by atoms with Crippen molar-refractivity contribution < 1.29 is 4.79 Å². The number of nitrogens with zero attached hydrogens (tertiary/aromatic N) is 6. The molecule has 0 aromatic carbocycles. The highest BCUT2D eigenvalue weighted by atomic mass is 16.2. The van der Waals surface area contributed by atoms with Gasteiger partial charge in [-0.3, -0.25) is 4.79 Å².